The van der Waals surface area contributed by atoms with Crippen LogP contribution in [0.2, 0.25) is 0 Å². The van der Waals surface area contributed by atoms with Gasteiger partial charge in [-0.05, 0) is 19.5 Å². The fourth-order valence-corrected chi connectivity index (χ4v) is 3.88. The van der Waals surface area contributed by atoms with Crippen molar-refractivity contribution < 1.29 is 4.79 Å². The number of carbonyl (C=O) groups is 1. The van der Waals surface area contributed by atoms with Gasteiger partial charge in [0, 0.05) is 24.2 Å². The first kappa shape index (κ1) is 14.6. The van der Waals surface area contributed by atoms with E-state index in [1.807, 2.05) is 24.9 Å². The predicted molar refractivity (Wildman–Crippen MR) is 87.4 cm³/mol. The number of aromatic nitrogens is 1. The van der Waals surface area contributed by atoms with Crippen LogP contribution >= 0.6 is 23.1 Å². The maximum atomic E-state index is 12.1. The molecule has 8 heteroatoms. The fraction of sp³-hybridized carbons (Fsp3) is 0.462. The van der Waals surface area contributed by atoms with E-state index < -0.39 is 0 Å². The zero-order chi connectivity index (χ0) is 14.8. The van der Waals surface area contributed by atoms with Gasteiger partial charge in [-0.15, -0.1) is 11.3 Å². The van der Waals surface area contributed by atoms with Gasteiger partial charge >= 0.3 is 0 Å². The Kier molecular flexibility index (Phi) is 4.27. The summed E-state index contributed by atoms with van der Waals surface area (Å²) < 4.78 is 0. The van der Waals surface area contributed by atoms with Gasteiger partial charge in [0.15, 0.2) is 10.3 Å². The zero-order valence-electron chi connectivity index (χ0n) is 12.0. The molecule has 3 rings (SSSR count). The molecule has 0 atom stereocenters. The summed E-state index contributed by atoms with van der Waals surface area (Å²) in [5.74, 6) is -0.0271. The predicted octanol–water partition coefficient (Wildman–Crippen LogP) is 1.79. The number of nitrogens with one attached hydrogen (secondary N) is 1. The van der Waals surface area contributed by atoms with Crippen LogP contribution in [0.1, 0.15) is 12.1 Å². The lowest BCUT2D eigenvalue weighted by Crippen LogP contribution is -2.24. The molecule has 21 heavy (non-hydrogen) atoms. The lowest BCUT2D eigenvalue weighted by atomic mass is 10.3. The Morgan fingerprint density at radius 3 is 3.19 bits per heavy atom. The van der Waals surface area contributed by atoms with E-state index in [4.69, 9.17) is 0 Å². The Hall–Kier alpha value is -1.38. The van der Waals surface area contributed by atoms with Crippen LogP contribution in [0.3, 0.4) is 0 Å². The van der Waals surface area contributed by atoms with Gasteiger partial charge < -0.3 is 15.1 Å². The van der Waals surface area contributed by atoms with Crippen molar-refractivity contribution >= 4 is 39.3 Å². The van der Waals surface area contributed by atoms with Crippen LogP contribution in [0.25, 0.3) is 0 Å². The SMILES string of the molecule is CN(C)Cc1csc(NC(=O)CC2=CSC3=NCCN23)n1. The second-order valence-corrected chi connectivity index (χ2v) is 6.84. The smallest absolute Gasteiger partial charge is 0.232 e. The number of thioether (sulfide) groups is 1. The highest BCUT2D eigenvalue weighted by molar-refractivity contribution is 8.16. The second kappa shape index (κ2) is 6.17. The topological polar surface area (TPSA) is 60.8 Å². The van der Waals surface area contributed by atoms with Crippen LogP contribution in [0.5, 0.6) is 0 Å². The molecular formula is C13H17N5OS2. The summed E-state index contributed by atoms with van der Waals surface area (Å²) in [5.41, 5.74) is 2.00. The molecule has 0 fully saturated rings. The average Bonchev–Trinajstić information content (AvgIpc) is 3.08. The summed E-state index contributed by atoms with van der Waals surface area (Å²) in [6.07, 6.45) is 0.370. The molecule has 1 N–H and O–H groups in total. The normalized spacial score (nSPS) is 17.0. The Balaban J connectivity index is 1.55. The molecule has 0 saturated heterocycles. The maximum Gasteiger partial charge on any atom is 0.232 e. The monoisotopic (exact) mass is 323 g/mol. The molecule has 112 valence electrons. The lowest BCUT2D eigenvalue weighted by molar-refractivity contribution is -0.115. The number of aliphatic imine (C=N–C) groups is 1. The summed E-state index contributed by atoms with van der Waals surface area (Å²) in [4.78, 5) is 25.1. The van der Waals surface area contributed by atoms with Crippen LogP contribution in [-0.2, 0) is 11.3 Å². The molecule has 2 aliphatic heterocycles. The molecule has 3 heterocycles. The molecule has 0 spiro atoms. The van der Waals surface area contributed by atoms with Crippen molar-refractivity contribution in [2.24, 2.45) is 4.99 Å². The van der Waals surface area contributed by atoms with Crippen LogP contribution in [0.4, 0.5) is 5.13 Å². The number of hydrogen-bond donors (Lipinski definition) is 1. The molecular weight excluding hydrogens is 306 g/mol. The number of amides is 1. The molecule has 0 unspecified atom stereocenters. The van der Waals surface area contributed by atoms with E-state index in [2.05, 4.69) is 25.1 Å². The molecule has 1 aromatic heterocycles. The number of carbonyl (C=O) groups excluding carboxylic acids is 1. The molecule has 0 saturated carbocycles. The summed E-state index contributed by atoms with van der Waals surface area (Å²) in [6.45, 7) is 2.48. The van der Waals surface area contributed by atoms with Crippen molar-refractivity contribution in [3.05, 3.63) is 22.2 Å². The number of thiazole rings is 1. The van der Waals surface area contributed by atoms with Crippen molar-refractivity contribution in [1.29, 1.82) is 0 Å². The van der Waals surface area contributed by atoms with E-state index in [9.17, 15) is 4.79 Å². The number of nitrogens with zero attached hydrogens (tertiary/aromatic N) is 4. The van der Waals surface area contributed by atoms with Gasteiger partial charge in [-0.25, -0.2) is 4.98 Å². The van der Waals surface area contributed by atoms with Crippen molar-refractivity contribution in [2.45, 2.75) is 13.0 Å². The summed E-state index contributed by atoms with van der Waals surface area (Å²) in [5, 5.41) is 8.54. The molecule has 0 radical (unpaired) electrons. The molecule has 0 aliphatic carbocycles. The maximum absolute atomic E-state index is 12.1. The highest BCUT2D eigenvalue weighted by Crippen LogP contribution is 2.31. The number of fused-ring (bicyclic) bond motifs is 1. The standard InChI is InChI=1S/C13H17N5OS2/c1-17(2)6-9-7-20-12(15-9)16-11(19)5-10-8-21-13-14-3-4-18(10)13/h7-8H,3-6H2,1-2H3,(H,15,16,19). The van der Waals surface area contributed by atoms with Gasteiger partial charge in [-0.3, -0.25) is 9.79 Å². The molecule has 1 aromatic rings. The summed E-state index contributed by atoms with van der Waals surface area (Å²) >= 11 is 3.06. The molecule has 0 aromatic carbocycles. The van der Waals surface area contributed by atoms with Gasteiger partial charge in [0.2, 0.25) is 5.91 Å². The Bertz CT molecular complexity index is 607. The van der Waals surface area contributed by atoms with Gasteiger partial charge in [0.1, 0.15) is 0 Å². The van der Waals surface area contributed by atoms with Crippen molar-refractivity contribution in [3.8, 4) is 0 Å². The van der Waals surface area contributed by atoms with Crippen molar-refractivity contribution in [3.63, 3.8) is 0 Å². The van der Waals surface area contributed by atoms with E-state index in [0.29, 0.717) is 11.6 Å². The van der Waals surface area contributed by atoms with Crippen molar-refractivity contribution in [2.75, 3.05) is 32.5 Å². The average molecular weight is 323 g/mol. The van der Waals surface area contributed by atoms with Gasteiger partial charge in [0.25, 0.3) is 0 Å². The van der Waals surface area contributed by atoms with Gasteiger partial charge in [0.05, 0.1) is 18.7 Å². The number of amidine groups is 1. The van der Waals surface area contributed by atoms with Gasteiger partial charge in [-0.2, -0.15) is 0 Å². The number of hydrogen-bond acceptors (Lipinski definition) is 7. The first-order valence-electron chi connectivity index (χ1n) is 6.68. The largest absolute Gasteiger partial charge is 0.322 e. The first-order chi connectivity index (χ1) is 10.1. The third-order valence-corrected chi connectivity index (χ3v) is 4.82. The van der Waals surface area contributed by atoms with E-state index in [0.717, 1.165) is 36.2 Å². The molecule has 2 aliphatic rings. The Morgan fingerprint density at radius 2 is 2.38 bits per heavy atom. The Labute approximate surface area is 131 Å². The Morgan fingerprint density at radius 1 is 1.52 bits per heavy atom. The highest BCUT2D eigenvalue weighted by atomic mass is 32.2. The lowest BCUT2D eigenvalue weighted by Gasteiger charge is -2.15. The number of anilines is 1. The molecule has 0 bridgehead atoms. The minimum atomic E-state index is -0.0271. The third kappa shape index (κ3) is 3.45. The fourth-order valence-electron chi connectivity index (χ4n) is 2.20. The van der Waals surface area contributed by atoms with Crippen molar-refractivity contribution in [1.82, 2.24) is 14.8 Å². The summed E-state index contributed by atoms with van der Waals surface area (Å²) in [6, 6.07) is 0. The van der Waals surface area contributed by atoms with E-state index >= 15 is 0 Å². The van der Waals surface area contributed by atoms with Crippen LogP contribution in [0, 0.1) is 0 Å². The molecule has 6 nitrogen and oxygen atoms in total. The minimum absolute atomic E-state index is 0.0271. The third-order valence-electron chi connectivity index (χ3n) is 3.07. The van der Waals surface area contributed by atoms with E-state index in [1.54, 1.807) is 11.8 Å². The van der Waals surface area contributed by atoms with Crippen LogP contribution in [0.15, 0.2) is 21.5 Å². The molecule has 1 amide bonds. The van der Waals surface area contributed by atoms with Crippen LogP contribution in [-0.4, -0.2) is 53.0 Å². The summed E-state index contributed by atoms with van der Waals surface area (Å²) in [7, 11) is 3.99. The second-order valence-electron chi connectivity index (χ2n) is 5.15. The van der Waals surface area contributed by atoms with Gasteiger partial charge in [-0.1, -0.05) is 11.8 Å². The first-order valence-corrected chi connectivity index (χ1v) is 8.44. The highest BCUT2D eigenvalue weighted by Gasteiger charge is 2.27. The zero-order valence-corrected chi connectivity index (χ0v) is 13.6. The van der Waals surface area contributed by atoms with E-state index in [1.165, 1.54) is 11.3 Å². The van der Waals surface area contributed by atoms with Crippen LogP contribution < -0.4 is 5.32 Å². The van der Waals surface area contributed by atoms with E-state index in [-0.39, 0.29) is 5.91 Å². The quantitative estimate of drug-likeness (QED) is 0.895. The number of rotatable bonds is 5. The minimum Gasteiger partial charge on any atom is -0.322 e.